The van der Waals surface area contributed by atoms with Crippen LogP contribution in [-0.2, 0) is 9.05 Å². The zero-order valence-corrected chi connectivity index (χ0v) is 8.41. The van der Waals surface area contributed by atoms with Crippen LogP contribution in [0.4, 0.5) is 0 Å². The molecule has 0 bridgehead atoms. The highest BCUT2D eigenvalue weighted by atomic mass is 35.7. The maximum atomic E-state index is 10.9. The molecule has 0 aliphatic rings. The molecule has 66 valence electrons. The van der Waals surface area contributed by atoms with E-state index in [-0.39, 0.29) is 9.92 Å². The van der Waals surface area contributed by atoms with Crippen LogP contribution < -0.4 is 0 Å². The molecule has 6 heteroatoms. The highest BCUT2D eigenvalue weighted by molar-refractivity contribution is 8.13. The minimum absolute atomic E-state index is 0.0448. The topological polar surface area (TPSA) is 47.0 Å². The van der Waals surface area contributed by atoms with Gasteiger partial charge in [0.15, 0.2) is 0 Å². The summed E-state index contributed by atoms with van der Waals surface area (Å²) in [5.74, 6) is 0. The molecule has 0 spiro atoms. The summed E-state index contributed by atoms with van der Waals surface area (Å²) >= 11 is 5.54. The van der Waals surface area contributed by atoms with Gasteiger partial charge in [0.1, 0.15) is 4.90 Å². The fraction of sp³-hybridized carbons (Fsp3) is 0.167. The summed E-state index contributed by atoms with van der Waals surface area (Å²) in [5, 5.41) is 0.250. The molecule has 0 radical (unpaired) electrons. The molecule has 0 atom stereocenters. The van der Waals surface area contributed by atoms with Crippen LogP contribution in [0.3, 0.4) is 0 Å². The number of pyridine rings is 1. The van der Waals surface area contributed by atoms with Gasteiger partial charge in [0.05, 0.1) is 10.7 Å². The standard InChI is InChI=1S/C6H5Cl2NO2S/c1-4-6(12(8,10)11)2-5(7)3-9-4/h2-3H,1H3. The van der Waals surface area contributed by atoms with Crippen molar-refractivity contribution < 1.29 is 8.42 Å². The van der Waals surface area contributed by atoms with E-state index < -0.39 is 9.05 Å². The molecule has 0 aliphatic carbocycles. The van der Waals surface area contributed by atoms with Crippen molar-refractivity contribution in [2.75, 3.05) is 0 Å². The Bertz CT molecular complexity index is 402. The highest BCUT2D eigenvalue weighted by Gasteiger charge is 2.14. The molecule has 0 aromatic carbocycles. The van der Waals surface area contributed by atoms with Crippen molar-refractivity contribution in [3.05, 3.63) is 23.0 Å². The van der Waals surface area contributed by atoms with Gasteiger partial charge in [-0.05, 0) is 13.0 Å². The Morgan fingerprint density at radius 3 is 2.50 bits per heavy atom. The van der Waals surface area contributed by atoms with Crippen LogP contribution in [0.15, 0.2) is 17.2 Å². The van der Waals surface area contributed by atoms with Gasteiger partial charge in [-0.3, -0.25) is 4.98 Å². The first kappa shape index (κ1) is 9.77. The Hall–Kier alpha value is -0.320. The van der Waals surface area contributed by atoms with Gasteiger partial charge in [-0.2, -0.15) is 0 Å². The van der Waals surface area contributed by atoms with E-state index in [9.17, 15) is 8.42 Å². The lowest BCUT2D eigenvalue weighted by Gasteiger charge is -1.99. The van der Waals surface area contributed by atoms with Crippen LogP contribution in [0.1, 0.15) is 5.69 Å². The molecule has 0 fully saturated rings. The second kappa shape index (κ2) is 3.20. The SMILES string of the molecule is Cc1ncc(Cl)cc1S(=O)(=O)Cl. The van der Waals surface area contributed by atoms with E-state index in [1.807, 2.05) is 0 Å². The van der Waals surface area contributed by atoms with Crippen LogP contribution in [0.5, 0.6) is 0 Å². The Kier molecular flexibility index (Phi) is 2.61. The van der Waals surface area contributed by atoms with Crippen LogP contribution in [0.25, 0.3) is 0 Å². The van der Waals surface area contributed by atoms with Crippen molar-refractivity contribution in [3.8, 4) is 0 Å². The van der Waals surface area contributed by atoms with E-state index in [1.54, 1.807) is 6.92 Å². The van der Waals surface area contributed by atoms with E-state index >= 15 is 0 Å². The van der Waals surface area contributed by atoms with Crippen LogP contribution in [0, 0.1) is 6.92 Å². The molecule has 1 rings (SSSR count). The molecule has 0 unspecified atom stereocenters. The fourth-order valence-corrected chi connectivity index (χ4v) is 2.10. The summed E-state index contributed by atoms with van der Waals surface area (Å²) in [5.41, 5.74) is 0.342. The van der Waals surface area contributed by atoms with Crippen molar-refractivity contribution in [2.45, 2.75) is 11.8 Å². The van der Waals surface area contributed by atoms with E-state index in [4.69, 9.17) is 22.3 Å². The Labute approximate surface area is 79.8 Å². The smallest absolute Gasteiger partial charge is 0.259 e. The number of rotatable bonds is 1. The second-order valence-corrected chi connectivity index (χ2v) is 5.15. The van der Waals surface area contributed by atoms with Gasteiger partial charge in [-0.15, -0.1) is 0 Å². The molecular weight excluding hydrogens is 221 g/mol. The summed E-state index contributed by atoms with van der Waals surface area (Å²) in [6.45, 7) is 1.55. The van der Waals surface area contributed by atoms with E-state index in [1.165, 1.54) is 12.3 Å². The van der Waals surface area contributed by atoms with Crippen molar-refractivity contribution in [1.29, 1.82) is 0 Å². The molecule has 12 heavy (non-hydrogen) atoms. The monoisotopic (exact) mass is 225 g/mol. The van der Waals surface area contributed by atoms with Crippen molar-refractivity contribution >= 4 is 31.3 Å². The highest BCUT2D eigenvalue weighted by Crippen LogP contribution is 2.20. The van der Waals surface area contributed by atoms with Crippen molar-refractivity contribution in [1.82, 2.24) is 4.98 Å². The molecule has 3 nitrogen and oxygen atoms in total. The summed E-state index contributed by atoms with van der Waals surface area (Å²) in [6, 6.07) is 1.27. The number of nitrogens with zero attached hydrogens (tertiary/aromatic N) is 1. The first-order valence-electron chi connectivity index (χ1n) is 2.98. The molecule has 0 saturated heterocycles. The lowest BCUT2D eigenvalue weighted by Crippen LogP contribution is -1.96. The average Bonchev–Trinajstić information content (AvgIpc) is 1.92. The third kappa shape index (κ3) is 2.09. The third-order valence-corrected chi connectivity index (χ3v) is 2.91. The van der Waals surface area contributed by atoms with Crippen LogP contribution >= 0.6 is 22.3 Å². The zero-order valence-electron chi connectivity index (χ0n) is 6.08. The molecule has 1 aromatic heterocycles. The second-order valence-electron chi connectivity index (χ2n) is 2.17. The summed E-state index contributed by atoms with van der Waals surface area (Å²) in [7, 11) is 1.38. The number of hydrogen-bond acceptors (Lipinski definition) is 3. The lowest BCUT2D eigenvalue weighted by molar-refractivity contribution is 0.608. The quantitative estimate of drug-likeness (QED) is 0.687. The van der Waals surface area contributed by atoms with Crippen LogP contribution in [-0.4, -0.2) is 13.4 Å². The maximum absolute atomic E-state index is 10.9. The molecule has 0 aliphatic heterocycles. The van der Waals surface area contributed by atoms with Gasteiger partial charge < -0.3 is 0 Å². The van der Waals surface area contributed by atoms with Gasteiger partial charge in [-0.1, -0.05) is 11.6 Å². The fourth-order valence-electron chi connectivity index (χ4n) is 0.736. The predicted octanol–water partition coefficient (Wildman–Crippen LogP) is 1.97. The molecular formula is C6H5Cl2NO2S. The minimum Gasteiger partial charge on any atom is -0.259 e. The van der Waals surface area contributed by atoms with Crippen molar-refractivity contribution in [2.24, 2.45) is 0 Å². The summed E-state index contributed by atoms with van der Waals surface area (Å²) in [4.78, 5) is 3.70. The molecule has 0 amide bonds. The number of hydrogen-bond donors (Lipinski definition) is 0. The summed E-state index contributed by atoms with van der Waals surface area (Å²) in [6.07, 6.45) is 1.36. The number of halogens is 2. The Morgan fingerprint density at radius 2 is 2.08 bits per heavy atom. The van der Waals surface area contributed by atoms with Gasteiger partial charge in [0.2, 0.25) is 0 Å². The minimum atomic E-state index is -3.73. The van der Waals surface area contributed by atoms with Crippen molar-refractivity contribution in [3.63, 3.8) is 0 Å². The maximum Gasteiger partial charge on any atom is 0.263 e. The normalized spacial score (nSPS) is 11.6. The first-order chi connectivity index (χ1) is 5.41. The molecule has 0 saturated carbocycles. The third-order valence-electron chi connectivity index (χ3n) is 1.27. The van der Waals surface area contributed by atoms with Gasteiger partial charge in [0.25, 0.3) is 9.05 Å². The van der Waals surface area contributed by atoms with Crippen LogP contribution in [0.2, 0.25) is 5.02 Å². The molecule has 1 heterocycles. The first-order valence-corrected chi connectivity index (χ1v) is 5.67. The van der Waals surface area contributed by atoms with Gasteiger partial charge in [0, 0.05) is 16.9 Å². The van der Waals surface area contributed by atoms with Gasteiger partial charge >= 0.3 is 0 Å². The van der Waals surface area contributed by atoms with E-state index in [0.29, 0.717) is 5.69 Å². The van der Waals surface area contributed by atoms with E-state index in [2.05, 4.69) is 4.98 Å². The van der Waals surface area contributed by atoms with Gasteiger partial charge in [-0.25, -0.2) is 8.42 Å². The largest absolute Gasteiger partial charge is 0.263 e. The lowest BCUT2D eigenvalue weighted by atomic mass is 10.4. The van der Waals surface area contributed by atoms with E-state index in [0.717, 1.165) is 0 Å². The number of aromatic nitrogens is 1. The Balaban J connectivity index is 3.43. The average molecular weight is 226 g/mol. The predicted molar refractivity (Wildman–Crippen MR) is 47.0 cm³/mol. The number of aryl methyl sites for hydroxylation is 1. The zero-order chi connectivity index (χ0) is 9.35. The molecule has 0 N–H and O–H groups in total. The Morgan fingerprint density at radius 1 is 1.50 bits per heavy atom. The molecule has 1 aromatic rings. The summed E-state index contributed by atoms with van der Waals surface area (Å²) < 4.78 is 21.7.